The van der Waals surface area contributed by atoms with E-state index < -0.39 is 5.60 Å². The minimum absolute atomic E-state index is 0.259. The zero-order chi connectivity index (χ0) is 12.3. The highest BCUT2D eigenvalue weighted by molar-refractivity contribution is 7.99. The summed E-state index contributed by atoms with van der Waals surface area (Å²) in [6.45, 7) is 7.96. The van der Waals surface area contributed by atoms with E-state index in [1.54, 1.807) is 11.8 Å². The van der Waals surface area contributed by atoms with Gasteiger partial charge in [0.2, 0.25) is 0 Å². The lowest BCUT2D eigenvalue weighted by Gasteiger charge is -2.27. The first kappa shape index (κ1) is 13.4. The van der Waals surface area contributed by atoms with E-state index in [0.717, 1.165) is 16.1 Å². The third-order valence-corrected chi connectivity index (χ3v) is 4.33. The lowest BCUT2D eigenvalue weighted by Crippen LogP contribution is -2.33. The van der Waals surface area contributed by atoms with E-state index in [1.807, 2.05) is 39.8 Å². The number of thioether (sulfide) groups is 1. The summed E-state index contributed by atoms with van der Waals surface area (Å²) in [7, 11) is 0. The van der Waals surface area contributed by atoms with Crippen LogP contribution in [0, 0.1) is 12.8 Å². The molecule has 0 aliphatic heterocycles. The Morgan fingerprint density at radius 1 is 1.44 bits per heavy atom. The van der Waals surface area contributed by atoms with Crippen molar-refractivity contribution in [3.63, 3.8) is 0 Å². The average Bonchev–Trinajstić information content (AvgIpc) is 2.20. The number of nitrogens with two attached hydrogens (primary N) is 1. The Bertz CT molecular complexity index is 361. The highest BCUT2D eigenvalue weighted by Gasteiger charge is 2.24. The van der Waals surface area contributed by atoms with Crippen molar-refractivity contribution in [1.82, 2.24) is 0 Å². The van der Waals surface area contributed by atoms with Crippen molar-refractivity contribution in [2.75, 3.05) is 11.5 Å². The van der Waals surface area contributed by atoms with E-state index in [1.165, 1.54) is 0 Å². The van der Waals surface area contributed by atoms with Crippen molar-refractivity contribution >= 4 is 17.4 Å². The molecular weight excluding hydrogens is 218 g/mol. The summed E-state index contributed by atoms with van der Waals surface area (Å²) in [6, 6.07) is 5.99. The van der Waals surface area contributed by atoms with Crippen LogP contribution in [0.2, 0.25) is 0 Å². The van der Waals surface area contributed by atoms with Gasteiger partial charge in [-0.05, 0) is 43.5 Å². The largest absolute Gasteiger partial charge is 0.399 e. The smallest absolute Gasteiger partial charge is 0.0736 e. The first-order chi connectivity index (χ1) is 7.33. The summed E-state index contributed by atoms with van der Waals surface area (Å²) >= 11 is 1.67. The van der Waals surface area contributed by atoms with Crippen LogP contribution in [0.15, 0.2) is 23.1 Å². The van der Waals surface area contributed by atoms with Gasteiger partial charge in [-0.3, -0.25) is 0 Å². The van der Waals surface area contributed by atoms with Crippen LogP contribution < -0.4 is 5.73 Å². The number of rotatable bonds is 4. The lowest BCUT2D eigenvalue weighted by molar-refractivity contribution is 0.0376. The van der Waals surface area contributed by atoms with Crippen LogP contribution in [0.1, 0.15) is 26.3 Å². The molecule has 2 nitrogen and oxygen atoms in total. The predicted molar refractivity (Wildman–Crippen MR) is 71.8 cm³/mol. The Morgan fingerprint density at radius 3 is 2.56 bits per heavy atom. The molecular formula is C13H21NOS. The first-order valence-electron chi connectivity index (χ1n) is 5.54. The molecule has 0 saturated carbocycles. The molecule has 0 aromatic heterocycles. The molecule has 1 atom stereocenters. The van der Waals surface area contributed by atoms with Gasteiger partial charge in [0.15, 0.2) is 0 Å². The van der Waals surface area contributed by atoms with Crippen molar-refractivity contribution in [3.8, 4) is 0 Å². The lowest BCUT2D eigenvalue weighted by atomic mass is 9.95. The van der Waals surface area contributed by atoms with Crippen molar-refractivity contribution in [2.24, 2.45) is 5.92 Å². The van der Waals surface area contributed by atoms with Crippen molar-refractivity contribution < 1.29 is 5.11 Å². The number of aryl methyl sites for hydroxylation is 1. The molecule has 1 aromatic rings. The van der Waals surface area contributed by atoms with Crippen LogP contribution >= 0.6 is 11.8 Å². The summed E-state index contributed by atoms with van der Waals surface area (Å²) in [5.41, 5.74) is 7.05. The second kappa shape index (κ2) is 5.11. The third kappa shape index (κ3) is 3.42. The van der Waals surface area contributed by atoms with Gasteiger partial charge >= 0.3 is 0 Å². The monoisotopic (exact) mass is 239 g/mol. The van der Waals surface area contributed by atoms with Gasteiger partial charge in [-0.1, -0.05) is 13.8 Å². The van der Waals surface area contributed by atoms with Gasteiger partial charge in [0.05, 0.1) is 5.60 Å². The van der Waals surface area contributed by atoms with Crippen molar-refractivity contribution in [1.29, 1.82) is 0 Å². The SMILES string of the molecule is Cc1cc(SCC(C)(O)C(C)C)ccc1N. The standard InChI is InChI=1S/C13H21NOS/c1-9(2)13(4,15)8-16-11-5-6-12(14)10(3)7-11/h5-7,9,15H,8,14H2,1-4H3. The number of hydrogen-bond donors (Lipinski definition) is 2. The Hall–Kier alpha value is -0.670. The van der Waals surface area contributed by atoms with Gasteiger partial charge < -0.3 is 10.8 Å². The second-order valence-corrected chi connectivity index (χ2v) is 5.87. The predicted octanol–water partition coefficient (Wildman–Crippen LogP) is 3.08. The molecule has 0 fully saturated rings. The molecule has 3 N–H and O–H groups in total. The van der Waals surface area contributed by atoms with Crippen LogP contribution in [0.5, 0.6) is 0 Å². The molecule has 0 aliphatic carbocycles. The molecule has 0 bridgehead atoms. The highest BCUT2D eigenvalue weighted by Crippen LogP contribution is 2.28. The van der Waals surface area contributed by atoms with E-state index in [0.29, 0.717) is 5.75 Å². The Morgan fingerprint density at radius 2 is 2.06 bits per heavy atom. The highest BCUT2D eigenvalue weighted by atomic mass is 32.2. The maximum absolute atomic E-state index is 10.1. The first-order valence-corrected chi connectivity index (χ1v) is 6.53. The topological polar surface area (TPSA) is 46.2 Å². The summed E-state index contributed by atoms with van der Waals surface area (Å²) in [5.74, 6) is 0.962. The molecule has 0 aliphatic rings. The third-order valence-electron chi connectivity index (χ3n) is 3.02. The molecule has 0 spiro atoms. The fourth-order valence-electron chi connectivity index (χ4n) is 1.13. The number of aliphatic hydroxyl groups is 1. The van der Waals surface area contributed by atoms with Gasteiger partial charge in [-0.2, -0.15) is 0 Å². The van der Waals surface area contributed by atoms with E-state index in [-0.39, 0.29) is 5.92 Å². The quantitative estimate of drug-likeness (QED) is 0.627. The van der Waals surface area contributed by atoms with Crippen LogP contribution in [-0.2, 0) is 0 Å². The van der Waals surface area contributed by atoms with Gasteiger partial charge in [0.25, 0.3) is 0 Å². The molecule has 0 heterocycles. The van der Waals surface area contributed by atoms with Crippen LogP contribution in [0.25, 0.3) is 0 Å². The average molecular weight is 239 g/mol. The Balaban J connectivity index is 2.65. The van der Waals surface area contributed by atoms with Gasteiger partial charge in [-0.25, -0.2) is 0 Å². The number of anilines is 1. The maximum Gasteiger partial charge on any atom is 0.0736 e. The van der Waals surface area contributed by atoms with E-state index >= 15 is 0 Å². The number of nitrogen functional groups attached to an aromatic ring is 1. The molecule has 1 aromatic carbocycles. The van der Waals surface area contributed by atoms with E-state index in [2.05, 4.69) is 6.07 Å². The van der Waals surface area contributed by atoms with Gasteiger partial charge in [0, 0.05) is 16.3 Å². The molecule has 90 valence electrons. The summed E-state index contributed by atoms with van der Waals surface area (Å²) in [4.78, 5) is 1.16. The van der Waals surface area contributed by atoms with Crippen LogP contribution in [0.3, 0.4) is 0 Å². The molecule has 0 saturated heterocycles. The van der Waals surface area contributed by atoms with Gasteiger partial charge in [-0.15, -0.1) is 11.8 Å². The molecule has 1 unspecified atom stereocenters. The fourth-order valence-corrected chi connectivity index (χ4v) is 2.35. The van der Waals surface area contributed by atoms with Crippen molar-refractivity contribution in [3.05, 3.63) is 23.8 Å². The molecule has 3 heteroatoms. The van der Waals surface area contributed by atoms with Crippen molar-refractivity contribution in [2.45, 2.75) is 38.2 Å². The normalized spacial score (nSPS) is 15.1. The molecule has 16 heavy (non-hydrogen) atoms. The zero-order valence-electron chi connectivity index (χ0n) is 10.4. The summed E-state index contributed by atoms with van der Waals surface area (Å²) in [6.07, 6.45) is 0. The second-order valence-electron chi connectivity index (χ2n) is 4.82. The molecule has 0 amide bonds. The minimum Gasteiger partial charge on any atom is -0.399 e. The summed E-state index contributed by atoms with van der Waals surface area (Å²) < 4.78 is 0. The molecule has 0 radical (unpaired) electrons. The minimum atomic E-state index is -0.625. The Kier molecular flexibility index (Phi) is 4.28. The number of benzene rings is 1. The van der Waals surface area contributed by atoms with Crippen LogP contribution in [0.4, 0.5) is 5.69 Å². The number of hydrogen-bond acceptors (Lipinski definition) is 3. The van der Waals surface area contributed by atoms with Gasteiger partial charge in [0.1, 0.15) is 0 Å². The molecule has 1 rings (SSSR count). The summed E-state index contributed by atoms with van der Waals surface area (Å²) in [5, 5.41) is 10.1. The fraction of sp³-hybridized carbons (Fsp3) is 0.538. The maximum atomic E-state index is 10.1. The van der Waals surface area contributed by atoms with E-state index in [4.69, 9.17) is 5.73 Å². The zero-order valence-corrected chi connectivity index (χ0v) is 11.3. The van der Waals surface area contributed by atoms with E-state index in [9.17, 15) is 5.11 Å². The Labute approximate surface area is 102 Å². The van der Waals surface area contributed by atoms with Crippen LogP contribution in [-0.4, -0.2) is 16.5 Å².